The molecule has 6 nitrogen and oxygen atoms in total. The number of aryl methyl sites for hydroxylation is 3. The van der Waals surface area contributed by atoms with Crippen molar-refractivity contribution in [1.29, 1.82) is 0 Å². The van der Waals surface area contributed by atoms with Gasteiger partial charge in [0.15, 0.2) is 6.23 Å². The van der Waals surface area contributed by atoms with E-state index < -0.39 is 16.4 Å². The van der Waals surface area contributed by atoms with Gasteiger partial charge in [-0.3, -0.25) is 4.79 Å². The van der Waals surface area contributed by atoms with Crippen LogP contribution in [0.15, 0.2) is 76.2 Å². The van der Waals surface area contributed by atoms with Crippen LogP contribution >= 0.6 is 10.4 Å². The number of aliphatic carboxylic acids is 1. The summed E-state index contributed by atoms with van der Waals surface area (Å²) < 4.78 is 12.9. The van der Waals surface area contributed by atoms with Gasteiger partial charge in [-0.1, -0.05) is 54.6 Å². The van der Waals surface area contributed by atoms with E-state index in [2.05, 4.69) is 34.4 Å². The molecule has 184 valence electrons. The van der Waals surface area contributed by atoms with Crippen molar-refractivity contribution >= 4 is 16.4 Å². The van der Waals surface area contributed by atoms with Crippen molar-refractivity contribution in [2.45, 2.75) is 62.8 Å². The van der Waals surface area contributed by atoms with Crippen molar-refractivity contribution < 1.29 is 14.6 Å². The van der Waals surface area contributed by atoms with Crippen LogP contribution in [0.4, 0.5) is 0 Å². The molecule has 3 atom stereocenters. The van der Waals surface area contributed by atoms with Gasteiger partial charge in [0.1, 0.15) is 5.75 Å². The third kappa shape index (κ3) is 5.57. The second-order valence-electron chi connectivity index (χ2n) is 9.19. The number of benzene rings is 3. The van der Waals surface area contributed by atoms with Gasteiger partial charge in [0.25, 0.3) is 0 Å². The van der Waals surface area contributed by atoms with Crippen molar-refractivity contribution in [3.63, 3.8) is 0 Å². The maximum absolute atomic E-state index is 12.4. The molecule has 1 aliphatic heterocycles. The minimum atomic E-state index is -2.27. The molecular weight excluding hydrogens is 460 g/mol. The van der Waals surface area contributed by atoms with E-state index >= 15 is 0 Å². The van der Waals surface area contributed by atoms with Crippen molar-refractivity contribution in [1.82, 2.24) is 4.72 Å². The molecule has 2 unspecified atom stereocenters. The normalized spacial score (nSPS) is 21.7. The van der Waals surface area contributed by atoms with E-state index in [9.17, 15) is 14.8 Å². The van der Waals surface area contributed by atoms with Crippen molar-refractivity contribution in [3.05, 3.63) is 99.5 Å². The Kier molecular flexibility index (Phi) is 7.57. The zero-order valence-corrected chi connectivity index (χ0v) is 21.2. The summed E-state index contributed by atoms with van der Waals surface area (Å²) in [6.45, 7) is 5.98. The molecule has 0 aliphatic carbocycles. The number of ether oxygens (including phenoxy) is 1. The number of carboxylic acid groups (broad SMARTS) is 1. The van der Waals surface area contributed by atoms with Crippen molar-refractivity contribution in [2.24, 2.45) is 4.58 Å². The van der Waals surface area contributed by atoms with Gasteiger partial charge in [0, 0.05) is 10.3 Å². The summed E-state index contributed by atoms with van der Waals surface area (Å²) in [6.07, 6.45) is 1.26. The number of hydrogen-bond donors (Lipinski definition) is 2. The van der Waals surface area contributed by atoms with E-state index in [4.69, 9.17) is 4.74 Å². The average molecular weight is 493 g/mol. The Morgan fingerprint density at radius 1 is 1.06 bits per heavy atom. The molecule has 1 heterocycles. The molecule has 0 radical (unpaired) electrons. The molecule has 0 amide bonds. The van der Waals surface area contributed by atoms with Gasteiger partial charge in [-0.2, -0.15) is 0 Å². The van der Waals surface area contributed by atoms with Crippen LogP contribution in [0.3, 0.4) is 0 Å². The smallest absolute Gasteiger partial charge is 0.303 e. The first-order chi connectivity index (χ1) is 16.8. The SMILES string of the molecule is Cc1ccccc1CCC(CC(=O)O)c1ccc(C)c(CS2(N=O)N[C@@H](C)Oc3ccccc32)c1. The van der Waals surface area contributed by atoms with Gasteiger partial charge in [-0.15, -0.1) is 4.91 Å². The molecule has 7 heteroatoms. The Bertz CT molecular complexity index is 1230. The van der Waals surface area contributed by atoms with Crippen LogP contribution < -0.4 is 9.46 Å². The van der Waals surface area contributed by atoms with Crippen LogP contribution in [0.5, 0.6) is 5.75 Å². The first-order valence-electron chi connectivity index (χ1n) is 11.9. The first kappa shape index (κ1) is 24.9. The van der Waals surface area contributed by atoms with E-state index in [0.717, 1.165) is 34.4 Å². The van der Waals surface area contributed by atoms with E-state index in [1.54, 1.807) is 0 Å². The maximum atomic E-state index is 12.4. The minimum absolute atomic E-state index is 0.0598. The van der Waals surface area contributed by atoms with Gasteiger partial charge in [0.05, 0.1) is 11.3 Å². The number of carboxylic acids is 1. The second kappa shape index (κ2) is 10.6. The monoisotopic (exact) mass is 492 g/mol. The summed E-state index contributed by atoms with van der Waals surface area (Å²) in [5, 5.41) is 9.62. The summed E-state index contributed by atoms with van der Waals surface area (Å²) in [5.41, 5.74) is 5.49. The summed E-state index contributed by atoms with van der Waals surface area (Å²) in [6, 6.07) is 21.9. The van der Waals surface area contributed by atoms with Gasteiger partial charge < -0.3 is 9.84 Å². The lowest BCUT2D eigenvalue weighted by atomic mass is 9.87. The van der Waals surface area contributed by atoms with Gasteiger partial charge in [-0.25, -0.2) is 4.72 Å². The molecule has 2 N–H and O–H groups in total. The third-order valence-electron chi connectivity index (χ3n) is 6.66. The van der Waals surface area contributed by atoms with Crippen LogP contribution in [-0.4, -0.2) is 17.3 Å². The maximum Gasteiger partial charge on any atom is 0.303 e. The summed E-state index contributed by atoms with van der Waals surface area (Å²) >= 11 is 0. The zero-order chi connectivity index (χ0) is 25.0. The van der Waals surface area contributed by atoms with Crippen molar-refractivity contribution in [3.8, 4) is 5.75 Å². The molecule has 4 rings (SSSR count). The lowest BCUT2D eigenvalue weighted by Crippen LogP contribution is -2.38. The summed E-state index contributed by atoms with van der Waals surface area (Å²) in [4.78, 5) is 24.9. The predicted molar refractivity (Wildman–Crippen MR) is 141 cm³/mol. The number of hydrogen-bond acceptors (Lipinski definition) is 5. The number of nitroso groups, excluding NO2 is 1. The molecular formula is C28H32N2O4S. The Hall–Kier alpha value is -3.16. The highest BCUT2D eigenvalue weighted by molar-refractivity contribution is 8.30. The van der Waals surface area contributed by atoms with Gasteiger partial charge >= 0.3 is 5.97 Å². The number of rotatable bonds is 9. The van der Waals surface area contributed by atoms with Crippen LogP contribution in [-0.2, 0) is 17.0 Å². The molecule has 35 heavy (non-hydrogen) atoms. The topological polar surface area (TPSA) is 88.0 Å². The fraction of sp³-hybridized carbons (Fsp3) is 0.321. The number of carbonyl (C=O) groups is 1. The van der Waals surface area contributed by atoms with E-state index in [1.807, 2.05) is 62.4 Å². The zero-order valence-electron chi connectivity index (χ0n) is 20.4. The van der Waals surface area contributed by atoms with Gasteiger partial charge in [0.2, 0.25) is 0 Å². The van der Waals surface area contributed by atoms with Crippen molar-refractivity contribution in [2.75, 3.05) is 0 Å². The Morgan fingerprint density at radius 2 is 1.77 bits per heavy atom. The molecule has 3 aromatic carbocycles. The second-order valence-corrected chi connectivity index (χ2v) is 11.7. The first-order valence-corrected chi connectivity index (χ1v) is 13.6. The van der Waals surface area contributed by atoms with Crippen LogP contribution in [0.1, 0.15) is 53.5 Å². The predicted octanol–water partition coefficient (Wildman–Crippen LogP) is 6.78. The highest BCUT2D eigenvalue weighted by Crippen LogP contribution is 2.61. The fourth-order valence-electron chi connectivity index (χ4n) is 4.73. The number of nitrogens with one attached hydrogen (secondary N) is 1. The average Bonchev–Trinajstić information content (AvgIpc) is 2.83. The molecule has 0 aromatic heterocycles. The van der Waals surface area contributed by atoms with Gasteiger partial charge in [-0.05, 0) is 89.9 Å². The Morgan fingerprint density at radius 3 is 2.51 bits per heavy atom. The molecule has 3 aromatic rings. The quantitative estimate of drug-likeness (QED) is 0.321. The largest absolute Gasteiger partial charge is 0.481 e. The Labute approximate surface area is 208 Å². The summed E-state index contributed by atoms with van der Waals surface area (Å²) in [7, 11) is -2.27. The van der Waals surface area contributed by atoms with Crippen LogP contribution in [0.25, 0.3) is 0 Å². The highest BCUT2D eigenvalue weighted by Gasteiger charge is 2.37. The number of fused-ring (bicyclic) bond motifs is 1. The van der Waals surface area contributed by atoms with E-state index in [0.29, 0.717) is 11.5 Å². The number of para-hydroxylation sites is 1. The molecule has 0 saturated heterocycles. The third-order valence-corrected chi connectivity index (χ3v) is 9.43. The van der Waals surface area contributed by atoms with E-state index in [1.165, 1.54) is 11.1 Å². The lowest BCUT2D eigenvalue weighted by Gasteiger charge is -2.41. The molecule has 0 saturated carbocycles. The highest BCUT2D eigenvalue weighted by atomic mass is 32.3. The molecule has 0 spiro atoms. The minimum Gasteiger partial charge on any atom is -0.481 e. The molecule has 1 aliphatic rings. The number of nitrogens with zero attached hydrogens (tertiary/aromatic N) is 1. The van der Waals surface area contributed by atoms with Crippen LogP contribution in [0.2, 0.25) is 0 Å². The summed E-state index contributed by atoms with van der Waals surface area (Å²) in [5.74, 6) is 0.172. The van der Waals surface area contributed by atoms with E-state index in [-0.39, 0.29) is 18.6 Å². The lowest BCUT2D eigenvalue weighted by molar-refractivity contribution is -0.137. The standard InChI is InChI=1S/C28H32N2O4S/c1-19-8-4-5-9-22(19)14-15-24(17-28(31)32)23-13-12-20(2)25(16-23)18-35(30-33)27-11-7-6-10-26(27)34-21(3)29-35/h4-13,16,21,24,29H,14-15,17-18H2,1-3H3,(H,31,32)/t21-,24?/m1/s1. The Balaban J connectivity index is 1.65. The van der Waals surface area contributed by atoms with Crippen LogP contribution in [0, 0.1) is 18.8 Å². The molecule has 0 bridgehead atoms. The fourth-order valence-corrected chi connectivity index (χ4v) is 7.38. The molecule has 0 fully saturated rings.